The minimum absolute atomic E-state index is 0.0706. The standard InChI is InChI=1S/C19H18FN5O4S/c1-8-6-25-14-11(3-10(4-12(14)20)13-7-30-24-23-13)5-19(15(25)9(2)29-8)16(26)21-18(28)22-17(19)27/h3-4,7-9,15H,5-6H2,1-2H3,(H2,21,22,26,27,28). The quantitative estimate of drug-likeness (QED) is 0.653. The molecule has 2 aromatic rings. The molecule has 9 nitrogen and oxygen atoms in total. The average molecular weight is 431 g/mol. The van der Waals surface area contributed by atoms with E-state index in [1.807, 2.05) is 6.92 Å². The summed E-state index contributed by atoms with van der Waals surface area (Å²) in [6, 6.07) is 1.49. The first-order chi connectivity index (χ1) is 14.3. The van der Waals surface area contributed by atoms with Crippen LogP contribution in [0.1, 0.15) is 19.4 Å². The predicted octanol–water partition coefficient (Wildman–Crippen LogP) is 1.23. The van der Waals surface area contributed by atoms with E-state index in [9.17, 15) is 14.4 Å². The van der Waals surface area contributed by atoms with Crippen molar-refractivity contribution >= 4 is 35.1 Å². The van der Waals surface area contributed by atoms with Gasteiger partial charge in [-0.05, 0) is 43.1 Å². The molecule has 1 aromatic carbocycles. The van der Waals surface area contributed by atoms with Gasteiger partial charge in [0.05, 0.1) is 23.9 Å². The second-order valence-electron chi connectivity index (χ2n) is 7.89. The third-order valence-electron chi connectivity index (χ3n) is 6.01. The summed E-state index contributed by atoms with van der Waals surface area (Å²) in [5, 5.41) is 10.1. The van der Waals surface area contributed by atoms with E-state index in [4.69, 9.17) is 4.74 Å². The van der Waals surface area contributed by atoms with Gasteiger partial charge in [-0.3, -0.25) is 20.2 Å². The number of anilines is 1. The molecular weight excluding hydrogens is 413 g/mol. The molecule has 0 radical (unpaired) electrons. The Morgan fingerprint density at radius 1 is 1.23 bits per heavy atom. The molecule has 0 aliphatic carbocycles. The largest absolute Gasteiger partial charge is 0.372 e. The highest BCUT2D eigenvalue weighted by atomic mass is 32.1. The fraction of sp³-hybridized carbons (Fsp3) is 0.421. The first kappa shape index (κ1) is 19.1. The van der Waals surface area contributed by atoms with Gasteiger partial charge in [0.15, 0.2) is 5.41 Å². The number of fused-ring (bicyclic) bond motifs is 4. The van der Waals surface area contributed by atoms with Crippen molar-refractivity contribution in [1.82, 2.24) is 20.2 Å². The van der Waals surface area contributed by atoms with Gasteiger partial charge in [0.25, 0.3) is 0 Å². The number of morpholine rings is 1. The third-order valence-corrected chi connectivity index (χ3v) is 6.51. The number of aromatic nitrogens is 2. The lowest BCUT2D eigenvalue weighted by atomic mass is 9.66. The van der Waals surface area contributed by atoms with Crippen LogP contribution in [-0.4, -0.2) is 52.2 Å². The van der Waals surface area contributed by atoms with Gasteiger partial charge in [-0.2, -0.15) is 0 Å². The van der Waals surface area contributed by atoms with Crippen LogP contribution < -0.4 is 15.5 Å². The van der Waals surface area contributed by atoms with E-state index in [-0.39, 0.29) is 12.5 Å². The number of hydrogen-bond acceptors (Lipinski definition) is 8. The Balaban J connectivity index is 1.73. The summed E-state index contributed by atoms with van der Waals surface area (Å²) in [4.78, 5) is 39.7. The molecule has 0 saturated carbocycles. The Labute approximate surface area is 174 Å². The zero-order valence-electron chi connectivity index (χ0n) is 16.1. The van der Waals surface area contributed by atoms with Crippen LogP contribution in [0.4, 0.5) is 14.9 Å². The molecule has 0 bridgehead atoms. The number of imide groups is 2. The van der Waals surface area contributed by atoms with Crippen LogP contribution in [0.5, 0.6) is 0 Å². The van der Waals surface area contributed by atoms with Crippen LogP contribution in [0.15, 0.2) is 17.5 Å². The van der Waals surface area contributed by atoms with Crippen LogP contribution in [0.2, 0.25) is 0 Å². The predicted molar refractivity (Wildman–Crippen MR) is 104 cm³/mol. The molecule has 4 heterocycles. The highest BCUT2D eigenvalue weighted by Crippen LogP contribution is 2.48. The second-order valence-corrected chi connectivity index (χ2v) is 8.50. The summed E-state index contributed by atoms with van der Waals surface area (Å²) in [6.07, 6.45) is -0.857. The van der Waals surface area contributed by atoms with Crippen LogP contribution >= 0.6 is 11.5 Å². The van der Waals surface area contributed by atoms with Crippen molar-refractivity contribution in [2.45, 2.75) is 38.5 Å². The van der Waals surface area contributed by atoms with E-state index in [2.05, 4.69) is 20.2 Å². The summed E-state index contributed by atoms with van der Waals surface area (Å²) in [7, 11) is 0. The van der Waals surface area contributed by atoms with E-state index < -0.39 is 41.2 Å². The maximum Gasteiger partial charge on any atom is 0.328 e. The van der Waals surface area contributed by atoms with E-state index >= 15 is 4.39 Å². The van der Waals surface area contributed by atoms with Gasteiger partial charge in [-0.15, -0.1) is 5.10 Å². The van der Waals surface area contributed by atoms with Gasteiger partial charge in [0.1, 0.15) is 11.5 Å². The van der Waals surface area contributed by atoms with Crippen LogP contribution in [0.25, 0.3) is 11.3 Å². The number of carbonyl (C=O) groups excluding carboxylic acids is 3. The maximum absolute atomic E-state index is 15.4. The second kappa shape index (κ2) is 6.54. The first-order valence-electron chi connectivity index (χ1n) is 9.50. The Morgan fingerprint density at radius 3 is 2.63 bits per heavy atom. The van der Waals surface area contributed by atoms with Gasteiger partial charge in [-0.1, -0.05) is 4.49 Å². The highest BCUT2D eigenvalue weighted by molar-refractivity contribution is 7.03. The molecule has 1 spiro atoms. The number of nitrogens with one attached hydrogen (secondary N) is 2. The molecule has 30 heavy (non-hydrogen) atoms. The zero-order valence-corrected chi connectivity index (χ0v) is 17.0. The third kappa shape index (κ3) is 2.58. The molecule has 2 fully saturated rings. The molecule has 3 aliphatic heterocycles. The molecule has 3 atom stereocenters. The van der Waals surface area contributed by atoms with Crippen molar-refractivity contribution in [2.75, 3.05) is 11.4 Å². The Kier molecular flexibility index (Phi) is 4.16. The number of hydrogen-bond donors (Lipinski definition) is 2. The molecule has 3 aliphatic rings. The smallest absolute Gasteiger partial charge is 0.328 e. The van der Waals surface area contributed by atoms with E-state index in [0.717, 1.165) is 11.5 Å². The number of rotatable bonds is 1. The van der Waals surface area contributed by atoms with Crippen LogP contribution in [0.3, 0.4) is 0 Å². The number of benzene rings is 1. The minimum Gasteiger partial charge on any atom is -0.372 e. The highest BCUT2D eigenvalue weighted by Gasteiger charge is 2.63. The molecule has 1 aromatic heterocycles. The van der Waals surface area contributed by atoms with Gasteiger partial charge < -0.3 is 9.64 Å². The van der Waals surface area contributed by atoms with Gasteiger partial charge >= 0.3 is 6.03 Å². The van der Waals surface area contributed by atoms with Crippen molar-refractivity contribution in [3.63, 3.8) is 0 Å². The summed E-state index contributed by atoms with van der Waals surface area (Å²) in [5.41, 5.74) is 0.225. The molecule has 3 unspecified atom stereocenters. The summed E-state index contributed by atoms with van der Waals surface area (Å²) in [6.45, 7) is 3.91. The van der Waals surface area contributed by atoms with Crippen molar-refractivity contribution in [3.8, 4) is 11.3 Å². The Hall–Kier alpha value is -2.92. The van der Waals surface area contributed by atoms with E-state index in [1.54, 1.807) is 23.3 Å². The topological polar surface area (TPSA) is 114 Å². The van der Waals surface area contributed by atoms with Crippen molar-refractivity contribution in [1.29, 1.82) is 0 Å². The molecular formula is C19H18FN5O4S. The van der Waals surface area contributed by atoms with E-state index in [1.165, 1.54) is 6.07 Å². The lowest BCUT2D eigenvalue weighted by Gasteiger charge is -2.55. The van der Waals surface area contributed by atoms with Gasteiger partial charge in [-0.25, -0.2) is 9.18 Å². The van der Waals surface area contributed by atoms with Gasteiger partial charge in [0, 0.05) is 23.9 Å². The lowest BCUT2D eigenvalue weighted by Crippen LogP contribution is -2.75. The summed E-state index contributed by atoms with van der Waals surface area (Å²) < 4.78 is 25.1. The summed E-state index contributed by atoms with van der Waals surface area (Å²) in [5.74, 6) is -1.88. The SMILES string of the molecule is CC1CN2c3c(F)cc(-c4csnn4)cc3CC3(C(=O)NC(=O)NC3=O)C2C(C)O1. The van der Waals surface area contributed by atoms with E-state index in [0.29, 0.717) is 29.1 Å². The Bertz CT molecular complexity index is 1060. The maximum atomic E-state index is 15.4. The number of halogens is 1. The molecule has 4 amide bonds. The average Bonchev–Trinajstić information content (AvgIpc) is 3.19. The fourth-order valence-electron chi connectivity index (χ4n) is 4.97. The molecule has 2 N–H and O–H groups in total. The number of barbiturate groups is 1. The number of amides is 4. The van der Waals surface area contributed by atoms with Crippen molar-refractivity contribution < 1.29 is 23.5 Å². The zero-order chi connectivity index (χ0) is 21.2. The number of carbonyl (C=O) groups is 3. The van der Waals surface area contributed by atoms with Crippen molar-refractivity contribution in [2.24, 2.45) is 5.41 Å². The van der Waals surface area contributed by atoms with Crippen molar-refractivity contribution in [3.05, 3.63) is 28.9 Å². The number of urea groups is 1. The number of nitrogens with zero attached hydrogens (tertiary/aromatic N) is 3. The molecule has 5 rings (SSSR count). The molecule has 156 valence electrons. The summed E-state index contributed by atoms with van der Waals surface area (Å²) >= 11 is 1.14. The van der Waals surface area contributed by atoms with Crippen LogP contribution in [-0.2, 0) is 20.7 Å². The van der Waals surface area contributed by atoms with Gasteiger partial charge in [0.2, 0.25) is 11.8 Å². The minimum atomic E-state index is -1.63. The van der Waals surface area contributed by atoms with Crippen LogP contribution in [0, 0.1) is 11.2 Å². The first-order valence-corrected chi connectivity index (χ1v) is 10.3. The lowest BCUT2D eigenvalue weighted by molar-refractivity contribution is -0.153. The fourth-order valence-corrected chi connectivity index (χ4v) is 5.44. The Morgan fingerprint density at radius 2 is 1.97 bits per heavy atom. The number of ether oxygens (including phenoxy) is 1. The molecule has 11 heteroatoms. The monoisotopic (exact) mass is 431 g/mol. The molecule has 2 saturated heterocycles. The normalized spacial score (nSPS) is 27.4.